The van der Waals surface area contributed by atoms with Crippen LogP contribution in [0.25, 0.3) is 0 Å². The highest BCUT2D eigenvalue weighted by atomic mass is 15.2. The maximum Gasteiger partial charge on any atom is 0.222 e. The van der Waals surface area contributed by atoms with Gasteiger partial charge in [-0.2, -0.15) is 5.26 Å². The van der Waals surface area contributed by atoms with Crippen molar-refractivity contribution in [3.8, 4) is 6.19 Å². The summed E-state index contributed by atoms with van der Waals surface area (Å²) >= 11 is 0. The highest BCUT2D eigenvalue weighted by Gasteiger charge is 1.94. The van der Waals surface area contributed by atoms with Crippen LogP contribution in [0.4, 0.5) is 5.95 Å². The third kappa shape index (κ3) is 5.32. The molecule has 0 amide bonds. The Labute approximate surface area is 100.0 Å². The summed E-state index contributed by atoms with van der Waals surface area (Å²) in [5.74, 6) is 1.09. The molecule has 0 saturated carbocycles. The Morgan fingerprint density at radius 1 is 1.47 bits per heavy atom. The number of nitrogens with one attached hydrogen (secondary N) is 3. The van der Waals surface area contributed by atoms with E-state index in [0.717, 1.165) is 13.0 Å². The van der Waals surface area contributed by atoms with Crippen molar-refractivity contribution in [3.05, 3.63) is 18.5 Å². The van der Waals surface area contributed by atoms with Gasteiger partial charge in [-0.05, 0) is 12.5 Å². The first-order valence-electron chi connectivity index (χ1n) is 5.25. The molecule has 0 bridgehead atoms. The molecule has 0 aliphatic heterocycles. The normalized spacial score (nSPS) is 10.5. The molecule has 0 aromatic carbocycles. The van der Waals surface area contributed by atoms with E-state index in [1.807, 2.05) is 0 Å². The van der Waals surface area contributed by atoms with Crippen LogP contribution in [0, 0.1) is 11.5 Å². The van der Waals surface area contributed by atoms with E-state index in [0.29, 0.717) is 18.5 Å². The van der Waals surface area contributed by atoms with E-state index in [4.69, 9.17) is 5.26 Å². The van der Waals surface area contributed by atoms with Crippen molar-refractivity contribution >= 4 is 11.9 Å². The smallest absolute Gasteiger partial charge is 0.222 e. The van der Waals surface area contributed by atoms with Gasteiger partial charge in [0.15, 0.2) is 6.19 Å². The van der Waals surface area contributed by atoms with Gasteiger partial charge in [0.2, 0.25) is 11.9 Å². The quantitative estimate of drug-likeness (QED) is 0.216. The highest BCUT2D eigenvalue weighted by Crippen LogP contribution is 1.93. The molecule has 0 atom stereocenters. The van der Waals surface area contributed by atoms with Gasteiger partial charge in [0, 0.05) is 32.5 Å². The van der Waals surface area contributed by atoms with Crippen molar-refractivity contribution in [2.24, 2.45) is 4.99 Å². The molecule has 0 saturated heterocycles. The van der Waals surface area contributed by atoms with Crippen LogP contribution in [0.1, 0.15) is 6.42 Å². The van der Waals surface area contributed by atoms with Crippen molar-refractivity contribution in [1.82, 2.24) is 20.6 Å². The first kappa shape index (κ1) is 12.7. The van der Waals surface area contributed by atoms with Crippen LogP contribution in [-0.2, 0) is 0 Å². The number of aliphatic imine (C=N–C) groups is 1. The molecular formula is C10H15N7. The number of anilines is 1. The van der Waals surface area contributed by atoms with Gasteiger partial charge < -0.3 is 10.6 Å². The van der Waals surface area contributed by atoms with E-state index in [1.54, 1.807) is 31.7 Å². The predicted molar refractivity (Wildman–Crippen MR) is 65.2 cm³/mol. The van der Waals surface area contributed by atoms with Gasteiger partial charge in [-0.15, -0.1) is 0 Å². The van der Waals surface area contributed by atoms with E-state index >= 15 is 0 Å². The van der Waals surface area contributed by atoms with Crippen molar-refractivity contribution in [2.45, 2.75) is 6.42 Å². The van der Waals surface area contributed by atoms with E-state index in [1.165, 1.54) is 0 Å². The topological polar surface area (TPSA) is 98.0 Å². The molecule has 0 unspecified atom stereocenters. The molecule has 1 rings (SSSR count). The molecule has 1 heterocycles. The summed E-state index contributed by atoms with van der Waals surface area (Å²) in [4.78, 5) is 12.2. The number of hydrogen-bond acceptors (Lipinski definition) is 5. The number of hydrogen-bond donors (Lipinski definition) is 3. The second-order valence-corrected chi connectivity index (χ2v) is 3.07. The van der Waals surface area contributed by atoms with E-state index in [9.17, 15) is 0 Å². The fourth-order valence-corrected chi connectivity index (χ4v) is 1.09. The summed E-state index contributed by atoms with van der Waals surface area (Å²) in [6.45, 7) is 1.35. The number of guanidine groups is 1. The third-order valence-electron chi connectivity index (χ3n) is 1.86. The standard InChI is InChI=1S/C10H15N7/c1-12-9(17-8-11)13-4-2-5-14-10-15-6-3-7-16-10/h3,6-7H,2,4-5H2,1H3,(H2,12,13,17)(H,14,15,16). The van der Waals surface area contributed by atoms with Crippen LogP contribution < -0.4 is 16.0 Å². The lowest BCUT2D eigenvalue weighted by Crippen LogP contribution is -2.31. The Morgan fingerprint density at radius 3 is 2.88 bits per heavy atom. The number of rotatable bonds is 5. The zero-order valence-corrected chi connectivity index (χ0v) is 9.64. The van der Waals surface area contributed by atoms with E-state index in [2.05, 4.69) is 30.9 Å². The first-order valence-corrected chi connectivity index (χ1v) is 5.25. The van der Waals surface area contributed by atoms with Crippen molar-refractivity contribution in [3.63, 3.8) is 0 Å². The highest BCUT2D eigenvalue weighted by molar-refractivity contribution is 5.80. The Hall–Kier alpha value is -2.36. The Kier molecular flexibility index (Phi) is 5.88. The van der Waals surface area contributed by atoms with Gasteiger partial charge in [0.1, 0.15) is 0 Å². The Balaban J connectivity index is 2.18. The minimum Gasteiger partial charge on any atom is -0.359 e. The molecule has 90 valence electrons. The van der Waals surface area contributed by atoms with Crippen LogP contribution in [0.3, 0.4) is 0 Å². The molecule has 0 spiro atoms. The average Bonchev–Trinajstić information content (AvgIpc) is 2.38. The van der Waals surface area contributed by atoms with E-state index < -0.39 is 0 Å². The molecule has 0 aliphatic carbocycles. The number of nitrogens with zero attached hydrogens (tertiary/aromatic N) is 4. The number of nitriles is 1. The van der Waals surface area contributed by atoms with Crippen LogP contribution in [0.15, 0.2) is 23.5 Å². The lowest BCUT2D eigenvalue weighted by Gasteiger charge is -2.03. The number of aromatic nitrogens is 2. The maximum atomic E-state index is 8.41. The lowest BCUT2D eigenvalue weighted by atomic mass is 10.4. The second-order valence-electron chi connectivity index (χ2n) is 3.07. The van der Waals surface area contributed by atoms with Crippen LogP contribution in [0.2, 0.25) is 0 Å². The molecule has 3 N–H and O–H groups in total. The maximum absolute atomic E-state index is 8.41. The van der Waals surface area contributed by atoms with Gasteiger partial charge in [-0.25, -0.2) is 9.97 Å². The predicted octanol–water partition coefficient (Wildman–Crippen LogP) is -0.0753. The summed E-state index contributed by atoms with van der Waals surface area (Å²) in [5, 5.41) is 16.7. The summed E-state index contributed by atoms with van der Waals surface area (Å²) in [5.41, 5.74) is 0. The van der Waals surface area contributed by atoms with E-state index in [-0.39, 0.29) is 0 Å². The fraction of sp³-hybridized carbons (Fsp3) is 0.400. The average molecular weight is 233 g/mol. The zero-order valence-electron chi connectivity index (χ0n) is 9.64. The molecule has 1 aromatic rings. The van der Waals surface area contributed by atoms with Crippen LogP contribution >= 0.6 is 0 Å². The van der Waals surface area contributed by atoms with Crippen LogP contribution in [-0.4, -0.2) is 36.1 Å². The molecule has 17 heavy (non-hydrogen) atoms. The zero-order chi connectivity index (χ0) is 12.3. The minimum atomic E-state index is 0.475. The summed E-state index contributed by atoms with van der Waals surface area (Å²) in [7, 11) is 1.71. The summed E-state index contributed by atoms with van der Waals surface area (Å²) in [6, 6.07) is 1.77. The van der Waals surface area contributed by atoms with Crippen molar-refractivity contribution < 1.29 is 0 Å². The molecule has 1 aromatic heterocycles. The monoisotopic (exact) mass is 233 g/mol. The molecule has 0 fully saturated rings. The molecule has 0 aliphatic rings. The first-order chi connectivity index (χ1) is 8.36. The SMILES string of the molecule is CNC(=NCCCNc1ncccn1)NC#N. The summed E-state index contributed by atoms with van der Waals surface area (Å²) in [6.07, 6.45) is 6.00. The van der Waals surface area contributed by atoms with Gasteiger partial charge >= 0.3 is 0 Å². The van der Waals surface area contributed by atoms with Gasteiger partial charge in [0.25, 0.3) is 0 Å². The molecular weight excluding hydrogens is 218 g/mol. The largest absolute Gasteiger partial charge is 0.359 e. The minimum absolute atomic E-state index is 0.475. The van der Waals surface area contributed by atoms with Gasteiger partial charge in [-0.1, -0.05) is 0 Å². The summed E-state index contributed by atoms with van der Waals surface area (Å²) < 4.78 is 0. The van der Waals surface area contributed by atoms with Crippen LogP contribution in [0.5, 0.6) is 0 Å². The lowest BCUT2D eigenvalue weighted by molar-refractivity contribution is 0.850. The Bertz CT molecular complexity index is 381. The van der Waals surface area contributed by atoms with Crippen molar-refractivity contribution in [1.29, 1.82) is 5.26 Å². The Morgan fingerprint density at radius 2 is 2.24 bits per heavy atom. The molecule has 0 radical (unpaired) electrons. The molecule has 7 nitrogen and oxygen atoms in total. The second kappa shape index (κ2) is 7.87. The van der Waals surface area contributed by atoms with Gasteiger partial charge in [-0.3, -0.25) is 10.3 Å². The third-order valence-corrected chi connectivity index (χ3v) is 1.86. The van der Waals surface area contributed by atoms with Crippen molar-refractivity contribution in [2.75, 3.05) is 25.5 Å². The molecule has 7 heteroatoms. The fourth-order valence-electron chi connectivity index (χ4n) is 1.09. The van der Waals surface area contributed by atoms with Gasteiger partial charge in [0.05, 0.1) is 0 Å².